The van der Waals surface area contributed by atoms with E-state index in [2.05, 4.69) is 10.4 Å². The van der Waals surface area contributed by atoms with E-state index in [9.17, 15) is 4.46 Å². The number of rotatable bonds is 1. The summed E-state index contributed by atoms with van der Waals surface area (Å²) in [6.07, 6.45) is 0. The Kier molecular flexibility index (Phi) is 9.68. The van der Waals surface area contributed by atoms with Crippen molar-refractivity contribution in [2.45, 2.75) is 0 Å². The van der Waals surface area contributed by atoms with Gasteiger partial charge in [0.2, 0.25) is 0 Å². The van der Waals surface area contributed by atoms with Gasteiger partial charge >= 0.3 is 46.9 Å². The minimum atomic E-state index is -2.85. The van der Waals surface area contributed by atoms with Gasteiger partial charge in [-0.15, -0.1) is 0 Å². The van der Waals surface area contributed by atoms with E-state index < -0.39 is 9.17 Å². The molecule has 0 aliphatic carbocycles. The quantitative estimate of drug-likeness (QED) is 0.305. The van der Waals surface area contributed by atoms with Crippen molar-refractivity contribution in [2.75, 3.05) is 0 Å². The number of hydrogen-bond acceptors (Lipinski definition) is 3. The Labute approximate surface area is 66.1 Å². The Hall–Kier alpha value is 0.837. The molecule has 0 aliphatic rings. The van der Waals surface area contributed by atoms with E-state index in [4.69, 9.17) is 4.80 Å². The molecule has 0 saturated carbocycles. The fourth-order valence-corrected chi connectivity index (χ4v) is 0. The van der Waals surface area contributed by atoms with E-state index in [0.717, 1.165) is 0 Å². The van der Waals surface area contributed by atoms with E-state index >= 15 is 0 Å². The maximum absolute atomic E-state index is 9.21. The van der Waals surface area contributed by atoms with Crippen LogP contribution in [-0.4, -0.2) is 51.7 Å². The molecule has 0 unspecified atom stereocenters. The van der Waals surface area contributed by atoms with Crippen molar-refractivity contribution < 1.29 is 13.8 Å². The zero-order valence-electron chi connectivity index (χ0n) is 2.34. The molecule has 6 heavy (non-hydrogen) atoms. The standard InChI is InChI=1S/Ca.H3NO3Si.2H/c;1-4-5(2)3;;/h;2H,1H2;;. The van der Waals surface area contributed by atoms with Gasteiger partial charge in [-0.2, -0.15) is 5.90 Å². The second-order valence-electron chi connectivity index (χ2n) is 0.384. The average Bonchev–Trinajstić information content (AvgIpc) is 1.38. The van der Waals surface area contributed by atoms with Crippen molar-refractivity contribution in [3.05, 3.63) is 0 Å². The Bertz CT molecular complexity index is 46.1. The first-order valence-corrected chi connectivity index (χ1v) is 2.13. The first-order valence-electron chi connectivity index (χ1n) is 0.868. The molecule has 0 rings (SSSR count). The summed E-state index contributed by atoms with van der Waals surface area (Å²) in [5, 5.41) is 0. The van der Waals surface area contributed by atoms with E-state index in [-0.39, 0.29) is 37.7 Å². The fraction of sp³-hybridized carbons (Fsp3) is 0. The van der Waals surface area contributed by atoms with Crippen molar-refractivity contribution in [1.82, 2.24) is 0 Å². The first-order chi connectivity index (χ1) is 2.27. The van der Waals surface area contributed by atoms with Crippen LogP contribution < -0.4 is 5.90 Å². The number of nitrogens with two attached hydrogens (primary N) is 1. The van der Waals surface area contributed by atoms with Crippen molar-refractivity contribution in [2.24, 2.45) is 5.90 Å². The van der Waals surface area contributed by atoms with Crippen LogP contribution in [0.1, 0.15) is 0 Å². The van der Waals surface area contributed by atoms with Crippen LogP contribution in [0.2, 0.25) is 0 Å². The van der Waals surface area contributed by atoms with Gasteiger partial charge in [0.25, 0.3) is 0 Å². The molecule has 0 amide bonds. The van der Waals surface area contributed by atoms with E-state index in [1.165, 1.54) is 0 Å². The van der Waals surface area contributed by atoms with Gasteiger partial charge in [-0.3, -0.25) is 4.46 Å². The topological polar surface area (TPSA) is 72.5 Å². The molecular formula is H5CaNO3Si. The molecule has 0 atom stereocenters. The summed E-state index contributed by atoms with van der Waals surface area (Å²) in [5.41, 5.74) is 0. The zero-order chi connectivity index (χ0) is 4.28. The van der Waals surface area contributed by atoms with Gasteiger partial charge in [0.05, 0.1) is 0 Å². The minimum absolute atomic E-state index is 0. The SMILES string of the molecule is NO[Si](=O)O.[CaH2]. The van der Waals surface area contributed by atoms with Gasteiger partial charge < -0.3 is 9.32 Å². The zero-order valence-corrected chi connectivity index (χ0v) is 3.34. The predicted octanol–water partition coefficient (Wildman–Crippen LogP) is -2.63. The molecule has 0 aromatic rings. The summed E-state index contributed by atoms with van der Waals surface area (Å²) in [7, 11) is -2.85. The summed E-state index contributed by atoms with van der Waals surface area (Å²) in [5.74, 6) is 4.15. The van der Waals surface area contributed by atoms with Crippen LogP contribution in [0.5, 0.6) is 0 Å². The summed E-state index contributed by atoms with van der Waals surface area (Å²) in [4.78, 5) is 7.56. The molecule has 0 aliphatic heterocycles. The number of hydrogen-bond donors (Lipinski definition) is 2. The summed E-state index contributed by atoms with van der Waals surface area (Å²) in [6, 6.07) is 0. The molecule has 0 spiro atoms. The molecule has 34 valence electrons. The molecule has 0 radical (unpaired) electrons. The molecular weight excluding hydrogens is 130 g/mol. The Morgan fingerprint density at radius 3 is 2.00 bits per heavy atom. The average molecular weight is 135 g/mol. The van der Waals surface area contributed by atoms with Gasteiger partial charge in [0.1, 0.15) is 0 Å². The Morgan fingerprint density at radius 2 is 2.00 bits per heavy atom. The molecule has 0 heterocycles. The van der Waals surface area contributed by atoms with Crippen LogP contribution >= 0.6 is 0 Å². The molecule has 3 N–H and O–H groups in total. The van der Waals surface area contributed by atoms with Crippen LogP contribution in [0.4, 0.5) is 0 Å². The Balaban J connectivity index is 0. The molecule has 0 bridgehead atoms. The van der Waals surface area contributed by atoms with E-state index in [0.29, 0.717) is 0 Å². The molecule has 0 fully saturated rings. The molecule has 0 aromatic carbocycles. The fourth-order valence-electron chi connectivity index (χ4n) is 0. The van der Waals surface area contributed by atoms with Crippen LogP contribution in [0, 0.1) is 0 Å². The van der Waals surface area contributed by atoms with Gasteiger partial charge in [0.15, 0.2) is 0 Å². The van der Waals surface area contributed by atoms with Gasteiger partial charge in [-0.05, 0) is 0 Å². The summed E-state index contributed by atoms with van der Waals surface area (Å²) in [6.45, 7) is 0. The maximum atomic E-state index is 9.21. The van der Waals surface area contributed by atoms with Gasteiger partial charge in [-0.1, -0.05) is 0 Å². The molecule has 0 aromatic heterocycles. The summed E-state index contributed by atoms with van der Waals surface area (Å²) < 4.78 is 12.6. The molecule has 4 nitrogen and oxygen atoms in total. The van der Waals surface area contributed by atoms with Crippen LogP contribution in [0.3, 0.4) is 0 Å². The second-order valence-corrected chi connectivity index (χ2v) is 1.15. The van der Waals surface area contributed by atoms with Gasteiger partial charge in [0, 0.05) is 0 Å². The third kappa shape index (κ3) is 8.85. The molecule has 0 saturated heterocycles. The predicted molar refractivity (Wildman–Crippen MR) is 22.5 cm³/mol. The molecule has 6 heteroatoms. The van der Waals surface area contributed by atoms with Crippen LogP contribution in [-0.2, 0) is 8.99 Å². The van der Waals surface area contributed by atoms with Crippen LogP contribution in [0.15, 0.2) is 0 Å². The monoisotopic (exact) mass is 135 g/mol. The van der Waals surface area contributed by atoms with E-state index in [1.54, 1.807) is 0 Å². The normalized spacial score (nSPS) is 5.50. The summed E-state index contributed by atoms with van der Waals surface area (Å²) >= 11 is 0. The third-order valence-corrected chi connectivity index (χ3v) is 0.302. The Morgan fingerprint density at radius 1 is 1.83 bits per heavy atom. The van der Waals surface area contributed by atoms with Gasteiger partial charge in [-0.25, -0.2) is 0 Å². The van der Waals surface area contributed by atoms with Crippen molar-refractivity contribution in [3.63, 3.8) is 0 Å². The van der Waals surface area contributed by atoms with Crippen molar-refractivity contribution in [3.8, 4) is 0 Å². The van der Waals surface area contributed by atoms with Crippen molar-refractivity contribution >= 4 is 46.9 Å². The van der Waals surface area contributed by atoms with E-state index in [1.807, 2.05) is 0 Å². The third-order valence-electron chi connectivity index (χ3n) is 0.101. The second kappa shape index (κ2) is 5.84. The van der Waals surface area contributed by atoms with Crippen LogP contribution in [0.25, 0.3) is 0 Å². The first kappa shape index (κ1) is 9.96. The van der Waals surface area contributed by atoms with Crippen molar-refractivity contribution in [1.29, 1.82) is 0 Å².